The van der Waals surface area contributed by atoms with Gasteiger partial charge >= 0.3 is 0 Å². The molecule has 0 amide bonds. The van der Waals surface area contributed by atoms with Crippen LogP contribution in [0.1, 0.15) is 38.7 Å². The van der Waals surface area contributed by atoms with Crippen LogP contribution in [-0.4, -0.2) is 5.78 Å². The molecule has 1 aromatic carbocycles. The SMILES string of the molecule is CC[C@H](C)CCC(=O)/C=C/c1ccccc1. The van der Waals surface area contributed by atoms with Gasteiger partial charge in [-0.25, -0.2) is 0 Å². The van der Waals surface area contributed by atoms with Gasteiger partial charge in [-0.15, -0.1) is 0 Å². The molecular weight excluding hydrogens is 196 g/mol. The predicted octanol–water partition coefficient (Wildman–Crippen LogP) is 4.10. The molecule has 0 spiro atoms. The van der Waals surface area contributed by atoms with Crippen molar-refractivity contribution in [3.05, 3.63) is 42.0 Å². The molecule has 0 radical (unpaired) electrons. The molecule has 0 saturated heterocycles. The van der Waals surface area contributed by atoms with Crippen molar-refractivity contribution in [3.8, 4) is 0 Å². The Morgan fingerprint density at radius 2 is 2.00 bits per heavy atom. The summed E-state index contributed by atoms with van der Waals surface area (Å²) < 4.78 is 0. The van der Waals surface area contributed by atoms with E-state index in [2.05, 4.69) is 13.8 Å². The molecule has 0 bridgehead atoms. The van der Waals surface area contributed by atoms with Crippen LogP contribution >= 0.6 is 0 Å². The zero-order valence-electron chi connectivity index (χ0n) is 10.1. The minimum Gasteiger partial charge on any atom is -0.295 e. The number of hydrogen-bond acceptors (Lipinski definition) is 1. The Hall–Kier alpha value is -1.37. The van der Waals surface area contributed by atoms with Crippen molar-refractivity contribution in [2.75, 3.05) is 0 Å². The van der Waals surface area contributed by atoms with Crippen molar-refractivity contribution >= 4 is 11.9 Å². The highest BCUT2D eigenvalue weighted by Gasteiger charge is 2.02. The van der Waals surface area contributed by atoms with Gasteiger partial charge in [0.1, 0.15) is 0 Å². The highest BCUT2D eigenvalue weighted by atomic mass is 16.1. The van der Waals surface area contributed by atoms with E-state index in [1.165, 1.54) is 0 Å². The lowest BCUT2D eigenvalue weighted by Gasteiger charge is -2.04. The Labute approximate surface area is 98.2 Å². The summed E-state index contributed by atoms with van der Waals surface area (Å²) in [4.78, 5) is 11.5. The van der Waals surface area contributed by atoms with Crippen LogP contribution in [0, 0.1) is 5.92 Å². The van der Waals surface area contributed by atoms with Crippen LogP contribution < -0.4 is 0 Å². The fourth-order valence-electron chi connectivity index (χ4n) is 1.43. The minimum absolute atomic E-state index is 0.226. The maximum atomic E-state index is 11.5. The fourth-order valence-corrected chi connectivity index (χ4v) is 1.43. The molecule has 0 aliphatic carbocycles. The van der Waals surface area contributed by atoms with Gasteiger partial charge in [-0.05, 0) is 24.0 Å². The van der Waals surface area contributed by atoms with Gasteiger partial charge in [-0.2, -0.15) is 0 Å². The molecule has 1 heteroatoms. The first-order valence-electron chi connectivity index (χ1n) is 5.98. The van der Waals surface area contributed by atoms with Crippen LogP contribution in [0.3, 0.4) is 0 Å². The van der Waals surface area contributed by atoms with E-state index >= 15 is 0 Å². The summed E-state index contributed by atoms with van der Waals surface area (Å²) >= 11 is 0. The van der Waals surface area contributed by atoms with E-state index < -0.39 is 0 Å². The first kappa shape index (κ1) is 12.7. The van der Waals surface area contributed by atoms with Gasteiger partial charge in [-0.3, -0.25) is 4.79 Å². The Bertz CT molecular complexity index is 338. The molecule has 0 aliphatic heterocycles. The van der Waals surface area contributed by atoms with Crippen molar-refractivity contribution < 1.29 is 4.79 Å². The van der Waals surface area contributed by atoms with Gasteiger partial charge in [0.05, 0.1) is 0 Å². The summed E-state index contributed by atoms with van der Waals surface area (Å²) in [6.07, 6.45) is 6.39. The maximum absolute atomic E-state index is 11.5. The second kappa shape index (κ2) is 7.00. The highest BCUT2D eigenvalue weighted by molar-refractivity contribution is 5.93. The average molecular weight is 216 g/mol. The van der Waals surface area contributed by atoms with Crippen molar-refractivity contribution in [2.24, 2.45) is 5.92 Å². The van der Waals surface area contributed by atoms with E-state index in [1.807, 2.05) is 36.4 Å². The first-order chi connectivity index (χ1) is 7.72. The van der Waals surface area contributed by atoms with Gasteiger partial charge in [0.2, 0.25) is 0 Å². The van der Waals surface area contributed by atoms with Gasteiger partial charge < -0.3 is 0 Å². The maximum Gasteiger partial charge on any atom is 0.155 e. The Morgan fingerprint density at radius 1 is 1.31 bits per heavy atom. The molecule has 86 valence electrons. The predicted molar refractivity (Wildman–Crippen MR) is 69.2 cm³/mol. The summed E-state index contributed by atoms with van der Waals surface area (Å²) in [7, 11) is 0. The average Bonchev–Trinajstić information content (AvgIpc) is 2.34. The molecule has 1 aromatic rings. The standard InChI is InChI=1S/C15H20O/c1-3-13(2)9-11-15(16)12-10-14-7-5-4-6-8-14/h4-8,10,12-13H,3,9,11H2,1-2H3/b12-10+/t13-/m0/s1. The van der Waals surface area contributed by atoms with E-state index in [1.54, 1.807) is 6.08 Å². The third-order valence-electron chi connectivity index (χ3n) is 2.84. The van der Waals surface area contributed by atoms with E-state index in [-0.39, 0.29) is 5.78 Å². The lowest BCUT2D eigenvalue weighted by Crippen LogP contribution is -1.98. The normalized spacial score (nSPS) is 12.9. The highest BCUT2D eigenvalue weighted by Crippen LogP contribution is 2.10. The molecule has 0 N–H and O–H groups in total. The fraction of sp³-hybridized carbons (Fsp3) is 0.400. The quantitative estimate of drug-likeness (QED) is 0.654. The second-order valence-corrected chi connectivity index (χ2v) is 4.26. The van der Waals surface area contributed by atoms with Gasteiger partial charge in [0, 0.05) is 6.42 Å². The van der Waals surface area contributed by atoms with Crippen LogP contribution in [0.2, 0.25) is 0 Å². The minimum atomic E-state index is 0.226. The van der Waals surface area contributed by atoms with E-state index in [4.69, 9.17) is 0 Å². The number of ketones is 1. The summed E-state index contributed by atoms with van der Waals surface area (Å²) in [5.41, 5.74) is 1.08. The molecule has 0 heterocycles. The molecule has 0 unspecified atom stereocenters. The number of rotatable bonds is 6. The smallest absolute Gasteiger partial charge is 0.155 e. The van der Waals surface area contributed by atoms with Crippen LogP contribution in [0.15, 0.2) is 36.4 Å². The van der Waals surface area contributed by atoms with Crippen molar-refractivity contribution in [2.45, 2.75) is 33.1 Å². The Morgan fingerprint density at radius 3 is 2.62 bits per heavy atom. The van der Waals surface area contributed by atoms with Gasteiger partial charge in [-0.1, -0.05) is 56.7 Å². The summed E-state index contributed by atoms with van der Waals surface area (Å²) in [6.45, 7) is 4.35. The molecule has 1 atom stereocenters. The molecular formula is C15H20O. The van der Waals surface area contributed by atoms with Crippen LogP contribution in [0.4, 0.5) is 0 Å². The van der Waals surface area contributed by atoms with Crippen LogP contribution in [0.5, 0.6) is 0 Å². The Balaban J connectivity index is 2.37. The van der Waals surface area contributed by atoms with Crippen LogP contribution in [-0.2, 0) is 4.79 Å². The topological polar surface area (TPSA) is 17.1 Å². The molecule has 1 rings (SSSR count). The monoisotopic (exact) mass is 216 g/mol. The zero-order valence-corrected chi connectivity index (χ0v) is 10.1. The summed E-state index contributed by atoms with van der Waals surface area (Å²) in [5, 5.41) is 0. The molecule has 0 fully saturated rings. The van der Waals surface area contributed by atoms with Crippen LogP contribution in [0.25, 0.3) is 6.08 Å². The number of carbonyl (C=O) groups is 1. The van der Waals surface area contributed by atoms with Crippen molar-refractivity contribution in [3.63, 3.8) is 0 Å². The molecule has 16 heavy (non-hydrogen) atoms. The van der Waals surface area contributed by atoms with Gasteiger partial charge in [0.15, 0.2) is 5.78 Å². The molecule has 0 saturated carbocycles. The first-order valence-corrected chi connectivity index (χ1v) is 5.98. The molecule has 0 aromatic heterocycles. The number of benzene rings is 1. The number of hydrogen-bond donors (Lipinski definition) is 0. The second-order valence-electron chi connectivity index (χ2n) is 4.26. The zero-order chi connectivity index (χ0) is 11.8. The van der Waals surface area contributed by atoms with E-state index in [0.717, 1.165) is 18.4 Å². The van der Waals surface area contributed by atoms with E-state index in [9.17, 15) is 4.79 Å². The lowest BCUT2D eigenvalue weighted by molar-refractivity contribution is -0.114. The van der Waals surface area contributed by atoms with Crippen molar-refractivity contribution in [1.29, 1.82) is 0 Å². The lowest BCUT2D eigenvalue weighted by atomic mass is 10.0. The number of carbonyl (C=O) groups excluding carboxylic acids is 1. The van der Waals surface area contributed by atoms with Gasteiger partial charge in [0.25, 0.3) is 0 Å². The molecule has 0 aliphatic rings. The largest absolute Gasteiger partial charge is 0.295 e. The number of allylic oxidation sites excluding steroid dienone is 1. The van der Waals surface area contributed by atoms with Crippen molar-refractivity contribution in [1.82, 2.24) is 0 Å². The summed E-state index contributed by atoms with van der Waals surface area (Å²) in [6, 6.07) is 9.92. The third-order valence-corrected chi connectivity index (χ3v) is 2.84. The van der Waals surface area contributed by atoms with E-state index in [0.29, 0.717) is 12.3 Å². The molecule has 1 nitrogen and oxygen atoms in total. The third kappa shape index (κ3) is 4.92. The Kier molecular flexibility index (Phi) is 5.55. The summed E-state index contributed by atoms with van der Waals surface area (Å²) in [5.74, 6) is 0.873.